The number of aliphatic hydroxyl groups excluding tert-OH is 1. The summed E-state index contributed by atoms with van der Waals surface area (Å²) in [5, 5.41) is 12.7. The zero-order valence-electron chi connectivity index (χ0n) is 12.6. The molecule has 0 aliphatic carbocycles. The highest BCUT2D eigenvalue weighted by atomic mass is 28.4. The van der Waals surface area contributed by atoms with Gasteiger partial charge in [-0.25, -0.2) is 0 Å². The molecule has 0 aromatic rings. The number of aliphatic hydroxyl groups is 1. The van der Waals surface area contributed by atoms with Crippen LogP contribution in [0.5, 0.6) is 0 Å². The highest BCUT2D eigenvalue weighted by Gasteiger charge is 2.62. The van der Waals surface area contributed by atoms with E-state index >= 15 is 0 Å². The summed E-state index contributed by atoms with van der Waals surface area (Å²) < 4.78 is 17.7. The molecule has 0 spiro atoms. The second-order valence-electron chi connectivity index (χ2n) is 4.11. The van der Waals surface area contributed by atoms with Crippen molar-refractivity contribution in [3.63, 3.8) is 0 Å². The topological polar surface area (TPSA) is 60.0 Å². The molecule has 2 unspecified atom stereocenters. The maximum Gasteiger partial charge on any atom is 0.524 e. The van der Waals surface area contributed by atoms with E-state index < -0.39 is 20.1 Å². The van der Waals surface area contributed by atoms with Gasteiger partial charge in [0.05, 0.1) is 6.10 Å². The van der Waals surface area contributed by atoms with Gasteiger partial charge in [-0.2, -0.15) is 0 Å². The van der Waals surface area contributed by atoms with Crippen molar-refractivity contribution in [2.24, 2.45) is 0 Å². The van der Waals surface area contributed by atoms with Crippen LogP contribution in [0.25, 0.3) is 0 Å². The Balaban J connectivity index is 5.56. The first kappa shape index (κ1) is 18.0. The molecule has 2 atom stereocenters. The molecule has 0 aliphatic rings. The molecule has 0 bridgehead atoms. The van der Waals surface area contributed by atoms with E-state index in [1.54, 1.807) is 6.92 Å². The van der Waals surface area contributed by atoms with Crippen LogP contribution in [0.4, 0.5) is 0 Å². The molecular formula is C12H29NO4Si. The molecule has 0 aromatic heterocycles. The van der Waals surface area contributed by atoms with E-state index in [1.165, 1.54) is 0 Å². The molecule has 0 aliphatic heterocycles. The van der Waals surface area contributed by atoms with Crippen LogP contribution in [-0.4, -0.2) is 52.0 Å². The number of likely N-dealkylation sites (N-methyl/N-ethyl adjacent to an activating group) is 1. The maximum absolute atomic E-state index is 10.2. The summed E-state index contributed by atoms with van der Waals surface area (Å²) in [6.07, 6.45) is 0.0525. The number of rotatable bonds is 10. The predicted molar refractivity (Wildman–Crippen MR) is 74.4 cm³/mol. The first-order valence-corrected chi connectivity index (χ1v) is 8.51. The van der Waals surface area contributed by atoms with Gasteiger partial charge in [0.15, 0.2) is 0 Å². The van der Waals surface area contributed by atoms with Gasteiger partial charge in [-0.1, -0.05) is 6.92 Å². The van der Waals surface area contributed by atoms with Crippen LogP contribution in [-0.2, 0) is 13.3 Å². The van der Waals surface area contributed by atoms with E-state index in [1.807, 2.05) is 34.7 Å². The van der Waals surface area contributed by atoms with Crippen LogP contribution in [0, 0.1) is 0 Å². The highest BCUT2D eigenvalue weighted by molar-refractivity contribution is 6.64. The van der Waals surface area contributed by atoms with Crippen LogP contribution < -0.4 is 5.32 Å². The smallest absolute Gasteiger partial charge is 0.392 e. The van der Waals surface area contributed by atoms with E-state index in [4.69, 9.17) is 13.3 Å². The standard InChI is InChI=1S/C12H29NO4Si/c1-7-12(13-6,11(5)14)18(15-8-2,16-9-3)17-10-4/h11,13-14H,7-10H2,1-6H3. The third-order valence-electron chi connectivity index (χ3n) is 3.27. The van der Waals surface area contributed by atoms with E-state index in [9.17, 15) is 5.11 Å². The molecule has 0 fully saturated rings. The number of hydrogen-bond acceptors (Lipinski definition) is 5. The molecule has 0 rings (SSSR count). The van der Waals surface area contributed by atoms with Crippen molar-refractivity contribution >= 4 is 8.80 Å². The minimum Gasteiger partial charge on any atom is -0.392 e. The van der Waals surface area contributed by atoms with E-state index in [2.05, 4.69) is 5.32 Å². The number of hydrogen-bond donors (Lipinski definition) is 2. The second kappa shape index (κ2) is 8.24. The van der Waals surface area contributed by atoms with Crippen molar-refractivity contribution < 1.29 is 18.4 Å². The van der Waals surface area contributed by atoms with Crippen LogP contribution in [0.3, 0.4) is 0 Å². The Morgan fingerprint density at radius 1 is 1.06 bits per heavy atom. The molecule has 0 saturated heterocycles. The van der Waals surface area contributed by atoms with Crippen LogP contribution in [0.2, 0.25) is 0 Å². The minimum atomic E-state index is -3.00. The quantitative estimate of drug-likeness (QED) is 0.591. The Bertz CT molecular complexity index is 205. The normalized spacial score (nSPS) is 17.5. The zero-order chi connectivity index (χ0) is 14.2. The van der Waals surface area contributed by atoms with Crippen molar-refractivity contribution in [3.05, 3.63) is 0 Å². The summed E-state index contributed by atoms with van der Waals surface area (Å²) >= 11 is 0. The molecule has 2 N–H and O–H groups in total. The van der Waals surface area contributed by atoms with E-state index in [0.717, 1.165) is 0 Å². The largest absolute Gasteiger partial charge is 0.524 e. The second-order valence-corrected chi connectivity index (χ2v) is 6.98. The summed E-state index contributed by atoms with van der Waals surface area (Å²) in [5.41, 5.74) is 0. The van der Waals surface area contributed by atoms with Crippen molar-refractivity contribution in [3.8, 4) is 0 Å². The van der Waals surface area contributed by atoms with Crippen molar-refractivity contribution in [1.82, 2.24) is 5.32 Å². The van der Waals surface area contributed by atoms with Crippen LogP contribution in [0.15, 0.2) is 0 Å². The summed E-state index contributed by atoms with van der Waals surface area (Å²) in [4.78, 5) is 0. The lowest BCUT2D eigenvalue weighted by molar-refractivity contribution is -0.000136. The molecule has 6 heteroatoms. The van der Waals surface area contributed by atoms with Gasteiger partial charge >= 0.3 is 8.80 Å². The number of nitrogens with one attached hydrogen (secondary N) is 1. The first-order valence-electron chi connectivity index (χ1n) is 6.78. The average molecular weight is 279 g/mol. The van der Waals surface area contributed by atoms with Gasteiger partial charge in [-0.05, 0) is 41.2 Å². The summed E-state index contributed by atoms with van der Waals surface area (Å²) in [5.74, 6) is 0. The van der Waals surface area contributed by atoms with Crippen molar-refractivity contribution in [2.45, 2.75) is 52.3 Å². The molecular weight excluding hydrogens is 250 g/mol. The predicted octanol–water partition coefficient (Wildman–Crippen LogP) is 1.32. The Morgan fingerprint density at radius 2 is 1.44 bits per heavy atom. The van der Waals surface area contributed by atoms with E-state index in [-0.39, 0.29) is 0 Å². The fraction of sp³-hybridized carbons (Fsp3) is 1.00. The molecule has 0 aromatic carbocycles. The Hall–Kier alpha value is 0.0169. The van der Waals surface area contributed by atoms with Gasteiger partial charge in [0.2, 0.25) is 0 Å². The van der Waals surface area contributed by atoms with E-state index in [0.29, 0.717) is 26.2 Å². The third-order valence-corrected chi connectivity index (χ3v) is 7.39. The third kappa shape index (κ3) is 3.31. The van der Waals surface area contributed by atoms with Crippen LogP contribution >= 0.6 is 0 Å². The van der Waals surface area contributed by atoms with Gasteiger partial charge in [-0.3, -0.25) is 0 Å². The SMILES string of the molecule is CCO[Si](OCC)(OCC)C(CC)(NC)C(C)O. The summed E-state index contributed by atoms with van der Waals surface area (Å²) in [7, 11) is -1.18. The van der Waals surface area contributed by atoms with Gasteiger partial charge in [0.25, 0.3) is 0 Å². The zero-order valence-corrected chi connectivity index (χ0v) is 13.6. The lowest BCUT2D eigenvalue weighted by Crippen LogP contribution is -2.75. The summed E-state index contributed by atoms with van der Waals surface area (Å²) in [6, 6.07) is 0. The van der Waals surface area contributed by atoms with Gasteiger partial charge < -0.3 is 23.7 Å². The lowest BCUT2D eigenvalue weighted by Gasteiger charge is -2.46. The molecule has 0 heterocycles. The van der Waals surface area contributed by atoms with Gasteiger partial charge in [-0.15, -0.1) is 0 Å². The molecule has 110 valence electrons. The molecule has 0 radical (unpaired) electrons. The van der Waals surface area contributed by atoms with Crippen LogP contribution in [0.1, 0.15) is 41.0 Å². The van der Waals surface area contributed by atoms with Gasteiger partial charge in [0.1, 0.15) is 5.16 Å². The molecule has 18 heavy (non-hydrogen) atoms. The molecule has 0 amide bonds. The first-order chi connectivity index (χ1) is 8.50. The lowest BCUT2D eigenvalue weighted by atomic mass is 10.1. The monoisotopic (exact) mass is 279 g/mol. The van der Waals surface area contributed by atoms with Crippen molar-refractivity contribution in [1.29, 1.82) is 0 Å². The molecule has 5 nitrogen and oxygen atoms in total. The fourth-order valence-electron chi connectivity index (χ4n) is 2.39. The Labute approximate surface area is 112 Å². The van der Waals surface area contributed by atoms with Gasteiger partial charge in [0, 0.05) is 19.8 Å². The minimum absolute atomic E-state index is 0.502. The molecule has 0 saturated carbocycles. The Morgan fingerprint density at radius 3 is 1.61 bits per heavy atom. The average Bonchev–Trinajstić information content (AvgIpc) is 2.31. The Kier molecular flexibility index (Phi) is 8.25. The van der Waals surface area contributed by atoms with Crippen molar-refractivity contribution in [2.75, 3.05) is 26.9 Å². The highest BCUT2D eigenvalue weighted by Crippen LogP contribution is 2.31. The summed E-state index contributed by atoms with van der Waals surface area (Å²) in [6.45, 7) is 11.0. The maximum atomic E-state index is 10.2. The fourth-order valence-corrected chi connectivity index (χ4v) is 5.80.